The molecule has 1 aromatic heterocycles. The first-order valence-electron chi connectivity index (χ1n) is 4.99. The maximum Gasteiger partial charge on any atom is 0.331 e. The molecule has 0 aliphatic rings. The van der Waals surface area contributed by atoms with Gasteiger partial charge in [-0.2, -0.15) is 0 Å². The van der Waals surface area contributed by atoms with Gasteiger partial charge in [0.2, 0.25) is 6.20 Å². The smallest absolute Gasteiger partial charge is 0.331 e. The lowest BCUT2D eigenvalue weighted by Crippen LogP contribution is -2.32. The van der Waals surface area contributed by atoms with E-state index < -0.39 is 11.6 Å². The lowest BCUT2D eigenvalue weighted by molar-refractivity contribution is -0.905. The number of pyridine rings is 1. The SMILES string of the molecule is CC(C)(C)OC(=O)C=Cc1cccc[n+]1O. The van der Waals surface area contributed by atoms with Crippen molar-refractivity contribution in [3.63, 3.8) is 0 Å². The minimum atomic E-state index is -0.507. The molecule has 0 radical (unpaired) electrons. The van der Waals surface area contributed by atoms with E-state index in [2.05, 4.69) is 0 Å². The highest BCUT2D eigenvalue weighted by atomic mass is 16.6. The first kappa shape index (κ1) is 12.2. The molecular formula is C12H16NO3+. The standard InChI is InChI=1S/C12H16NO3/c1-12(2,3)16-11(14)8-7-10-6-4-5-9-13(10)15/h4-9,15H,1-3H3/q+1. The normalized spacial score (nSPS) is 11.7. The van der Waals surface area contributed by atoms with E-state index in [1.54, 1.807) is 39.0 Å². The molecule has 86 valence electrons. The van der Waals surface area contributed by atoms with Gasteiger partial charge in [0.05, 0.1) is 0 Å². The van der Waals surface area contributed by atoms with Gasteiger partial charge in [-0.3, -0.25) is 5.21 Å². The van der Waals surface area contributed by atoms with Gasteiger partial charge in [0, 0.05) is 29.0 Å². The fourth-order valence-electron chi connectivity index (χ4n) is 1.07. The first-order valence-corrected chi connectivity index (χ1v) is 4.99. The predicted octanol–water partition coefficient (Wildman–Crippen LogP) is 1.57. The van der Waals surface area contributed by atoms with E-state index in [1.807, 2.05) is 0 Å². The summed E-state index contributed by atoms with van der Waals surface area (Å²) >= 11 is 0. The fraction of sp³-hybridized carbons (Fsp3) is 0.333. The van der Waals surface area contributed by atoms with Crippen LogP contribution in [0.15, 0.2) is 30.5 Å². The lowest BCUT2D eigenvalue weighted by atomic mass is 10.2. The summed E-state index contributed by atoms with van der Waals surface area (Å²) in [5.74, 6) is -0.434. The lowest BCUT2D eigenvalue weighted by Gasteiger charge is -2.17. The number of ether oxygens (including phenoxy) is 1. The molecule has 0 fully saturated rings. The molecule has 0 bridgehead atoms. The Balaban J connectivity index is 2.68. The van der Waals surface area contributed by atoms with Gasteiger partial charge in [0.1, 0.15) is 5.60 Å². The van der Waals surface area contributed by atoms with Gasteiger partial charge in [-0.05, 0) is 26.8 Å². The molecular weight excluding hydrogens is 206 g/mol. The Bertz CT molecular complexity index is 405. The zero-order valence-electron chi connectivity index (χ0n) is 9.68. The summed E-state index contributed by atoms with van der Waals surface area (Å²) in [6.45, 7) is 5.40. The van der Waals surface area contributed by atoms with E-state index in [0.29, 0.717) is 5.69 Å². The second-order valence-electron chi connectivity index (χ2n) is 4.34. The highest BCUT2D eigenvalue weighted by Gasteiger charge is 2.14. The molecule has 1 aromatic rings. The third-order valence-corrected chi connectivity index (χ3v) is 1.67. The average Bonchev–Trinajstić information content (AvgIpc) is 2.14. The topological polar surface area (TPSA) is 50.4 Å². The van der Waals surface area contributed by atoms with Gasteiger partial charge in [0.15, 0.2) is 0 Å². The number of hydrogen-bond donors (Lipinski definition) is 1. The Morgan fingerprint density at radius 1 is 1.44 bits per heavy atom. The highest BCUT2D eigenvalue weighted by molar-refractivity contribution is 5.86. The van der Waals surface area contributed by atoms with Crippen LogP contribution in [0, 0.1) is 0 Å². The van der Waals surface area contributed by atoms with Crippen LogP contribution in [-0.4, -0.2) is 16.8 Å². The first-order chi connectivity index (χ1) is 7.38. The summed E-state index contributed by atoms with van der Waals surface area (Å²) in [5, 5.41) is 9.37. The molecule has 0 atom stereocenters. The van der Waals surface area contributed by atoms with Gasteiger partial charge in [-0.1, -0.05) is 0 Å². The number of esters is 1. The number of nitrogens with zero attached hydrogens (tertiary/aromatic N) is 1. The molecule has 0 aliphatic carbocycles. The van der Waals surface area contributed by atoms with E-state index in [9.17, 15) is 10.0 Å². The Labute approximate surface area is 94.7 Å². The minimum Gasteiger partial charge on any atom is -0.457 e. The summed E-state index contributed by atoms with van der Waals surface area (Å²) in [7, 11) is 0. The van der Waals surface area contributed by atoms with Gasteiger partial charge in [0.25, 0.3) is 5.69 Å². The largest absolute Gasteiger partial charge is 0.457 e. The second-order valence-corrected chi connectivity index (χ2v) is 4.34. The van der Waals surface area contributed by atoms with Crippen LogP contribution in [0.3, 0.4) is 0 Å². The molecule has 0 amide bonds. The average molecular weight is 222 g/mol. The fourth-order valence-corrected chi connectivity index (χ4v) is 1.07. The zero-order valence-corrected chi connectivity index (χ0v) is 9.68. The summed E-state index contributed by atoms with van der Waals surface area (Å²) < 4.78 is 6.01. The second kappa shape index (κ2) is 4.79. The van der Waals surface area contributed by atoms with Crippen molar-refractivity contribution in [1.82, 2.24) is 0 Å². The van der Waals surface area contributed by atoms with Crippen LogP contribution in [0.2, 0.25) is 0 Å². The van der Waals surface area contributed by atoms with Crippen LogP contribution >= 0.6 is 0 Å². The molecule has 1 N–H and O–H groups in total. The van der Waals surface area contributed by atoms with Crippen LogP contribution < -0.4 is 4.73 Å². The van der Waals surface area contributed by atoms with Gasteiger partial charge in [-0.25, -0.2) is 4.79 Å². The van der Waals surface area contributed by atoms with Crippen molar-refractivity contribution in [2.24, 2.45) is 0 Å². The Morgan fingerprint density at radius 3 is 2.69 bits per heavy atom. The van der Waals surface area contributed by atoms with Crippen molar-refractivity contribution < 1.29 is 19.5 Å². The van der Waals surface area contributed by atoms with Crippen LogP contribution in [0.4, 0.5) is 0 Å². The van der Waals surface area contributed by atoms with Crippen molar-refractivity contribution in [3.05, 3.63) is 36.2 Å². The van der Waals surface area contributed by atoms with E-state index >= 15 is 0 Å². The third-order valence-electron chi connectivity index (χ3n) is 1.67. The van der Waals surface area contributed by atoms with E-state index in [1.165, 1.54) is 18.3 Å². The van der Waals surface area contributed by atoms with Gasteiger partial charge in [-0.15, -0.1) is 0 Å². The van der Waals surface area contributed by atoms with Crippen LogP contribution in [-0.2, 0) is 9.53 Å². The molecule has 4 heteroatoms. The third kappa shape index (κ3) is 4.13. The molecule has 1 rings (SSSR count). The Hall–Kier alpha value is -1.84. The molecule has 0 saturated heterocycles. The van der Waals surface area contributed by atoms with Crippen molar-refractivity contribution in [3.8, 4) is 0 Å². The molecule has 0 aromatic carbocycles. The van der Waals surface area contributed by atoms with Crippen molar-refractivity contribution in [1.29, 1.82) is 0 Å². The zero-order chi connectivity index (χ0) is 12.2. The summed E-state index contributed by atoms with van der Waals surface area (Å²) in [4.78, 5) is 11.3. The van der Waals surface area contributed by atoms with Crippen molar-refractivity contribution in [2.75, 3.05) is 0 Å². The van der Waals surface area contributed by atoms with Crippen LogP contribution in [0.1, 0.15) is 26.5 Å². The minimum absolute atomic E-state index is 0.434. The highest BCUT2D eigenvalue weighted by Crippen LogP contribution is 2.07. The quantitative estimate of drug-likeness (QED) is 0.357. The predicted molar refractivity (Wildman–Crippen MR) is 58.7 cm³/mol. The van der Waals surface area contributed by atoms with Crippen molar-refractivity contribution >= 4 is 12.0 Å². The number of carbonyl (C=O) groups is 1. The summed E-state index contributed by atoms with van der Waals surface area (Å²) in [6, 6.07) is 5.13. The maximum atomic E-state index is 11.3. The molecule has 1 heterocycles. The molecule has 0 saturated carbocycles. The van der Waals surface area contributed by atoms with E-state index in [4.69, 9.17) is 4.74 Å². The van der Waals surface area contributed by atoms with Crippen LogP contribution in [0.5, 0.6) is 0 Å². The van der Waals surface area contributed by atoms with Crippen LogP contribution in [0.25, 0.3) is 6.08 Å². The summed E-state index contributed by atoms with van der Waals surface area (Å²) in [5.41, 5.74) is 0.00109. The Kier molecular flexibility index (Phi) is 3.66. The van der Waals surface area contributed by atoms with Gasteiger partial charge >= 0.3 is 5.97 Å². The van der Waals surface area contributed by atoms with Crippen molar-refractivity contribution in [2.45, 2.75) is 26.4 Å². The molecule has 4 nitrogen and oxygen atoms in total. The molecule has 16 heavy (non-hydrogen) atoms. The number of hydrogen-bond acceptors (Lipinski definition) is 3. The number of rotatable bonds is 2. The summed E-state index contributed by atoms with van der Waals surface area (Å²) in [6.07, 6.45) is 4.26. The molecule has 0 unspecified atom stereocenters. The van der Waals surface area contributed by atoms with E-state index in [0.717, 1.165) is 4.73 Å². The van der Waals surface area contributed by atoms with Gasteiger partial charge < -0.3 is 4.74 Å². The van der Waals surface area contributed by atoms with E-state index in [-0.39, 0.29) is 0 Å². The number of carbonyl (C=O) groups excluding carboxylic acids is 1. The monoisotopic (exact) mass is 222 g/mol. The molecule has 0 spiro atoms. The number of aromatic nitrogens is 1. The Morgan fingerprint density at radius 2 is 2.12 bits per heavy atom. The molecule has 0 aliphatic heterocycles. The maximum absolute atomic E-state index is 11.3.